The molecule has 1 aromatic heterocycles. The number of aromatic nitrogens is 1. The number of hydrogen-bond donors (Lipinski definition) is 1. The highest BCUT2D eigenvalue weighted by Gasteiger charge is 2.13. The second-order valence-corrected chi connectivity index (χ2v) is 4.62. The minimum Gasteiger partial charge on any atom is -0.374 e. The molecule has 0 atom stereocenters. The molecule has 2 aromatic rings. The number of hydrogen-bond acceptors (Lipinski definition) is 5. The number of halogens is 1. The number of anilines is 1. The molecule has 0 saturated heterocycles. The fraction of sp³-hybridized carbons (Fsp3) is 0.182. The smallest absolute Gasteiger partial charge is 0.292 e. The Bertz CT molecular complexity index is 583. The molecule has 18 heavy (non-hydrogen) atoms. The van der Waals surface area contributed by atoms with Crippen molar-refractivity contribution in [2.75, 3.05) is 5.32 Å². The molecule has 1 N–H and O–H groups in total. The van der Waals surface area contributed by atoms with Gasteiger partial charge < -0.3 is 9.84 Å². The van der Waals surface area contributed by atoms with Gasteiger partial charge >= 0.3 is 0 Å². The molecule has 0 spiro atoms. The standard InChI is InChI=1S/C11H10BrN3O3/c1-7-4-9(14-18-7)6-13-10-5-8(12)2-3-11(10)15(16)17/h2-5,13H,6H2,1H3. The van der Waals surface area contributed by atoms with Crippen molar-refractivity contribution in [3.63, 3.8) is 0 Å². The number of rotatable bonds is 4. The lowest BCUT2D eigenvalue weighted by molar-refractivity contribution is -0.384. The van der Waals surface area contributed by atoms with Gasteiger partial charge in [0, 0.05) is 16.6 Å². The van der Waals surface area contributed by atoms with Crippen LogP contribution >= 0.6 is 15.9 Å². The maximum absolute atomic E-state index is 10.9. The number of aryl methyl sites for hydroxylation is 1. The van der Waals surface area contributed by atoms with Crippen molar-refractivity contribution < 1.29 is 9.45 Å². The first-order valence-corrected chi connectivity index (χ1v) is 5.95. The van der Waals surface area contributed by atoms with Gasteiger partial charge in [-0.1, -0.05) is 21.1 Å². The van der Waals surface area contributed by atoms with Gasteiger partial charge in [-0.05, 0) is 19.1 Å². The van der Waals surface area contributed by atoms with Crippen LogP contribution in [0.25, 0.3) is 0 Å². The van der Waals surface area contributed by atoms with Gasteiger partial charge in [-0.3, -0.25) is 10.1 Å². The summed E-state index contributed by atoms with van der Waals surface area (Å²) >= 11 is 3.28. The normalized spacial score (nSPS) is 10.3. The minimum absolute atomic E-state index is 0.0263. The van der Waals surface area contributed by atoms with E-state index in [9.17, 15) is 10.1 Å². The summed E-state index contributed by atoms with van der Waals surface area (Å²) in [6.07, 6.45) is 0. The monoisotopic (exact) mass is 311 g/mol. The Labute approximate surface area is 111 Å². The van der Waals surface area contributed by atoms with Gasteiger partial charge in [0.2, 0.25) is 0 Å². The van der Waals surface area contributed by atoms with E-state index in [4.69, 9.17) is 4.52 Å². The highest BCUT2D eigenvalue weighted by Crippen LogP contribution is 2.28. The van der Waals surface area contributed by atoms with E-state index in [1.165, 1.54) is 6.07 Å². The minimum atomic E-state index is -0.428. The van der Waals surface area contributed by atoms with Gasteiger partial charge in [-0.2, -0.15) is 0 Å². The van der Waals surface area contributed by atoms with Crippen LogP contribution < -0.4 is 5.32 Å². The highest BCUT2D eigenvalue weighted by atomic mass is 79.9. The Morgan fingerprint density at radius 1 is 1.50 bits per heavy atom. The van der Waals surface area contributed by atoms with E-state index in [2.05, 4.69) is 26.4 Å². The zero-order valence-electron chi connectivity index (χ0n) is 9.51. The molecule has 6 nitrogen and oxygen atoms in total. The molecule has 94 valence electrons. The molecular formula is C11H10BrN3O3. The van der Waals surface area contributed by atoms with Crippen molar-refractivity contribution in [1.82, 2.24) is 5.16 Å². The summed E-state index contributed by atoms with van der Waals surface area (Å²) in [4.78, 5) is 10.4. The average molecular weight is 312 g/mol. The molecule has 0 fully saturated rings. The first kappa shape index (κ1) is 12.6. The molecule has 0 unspecified atom stereocenters. The van der Waals surface area contributed by atoms with E-state index < -0.39 is 4.92 Å². The van der Waals surface area contributed by atoms with Crippen molar-refractivity contribution >= 4 is 27.3 Å². The summed E-state index contributed by atoms with van der Waals surface area (Å²) in [6.45, 7) is 2.16. The molecular weight excluding hydrogens is 302 g/mol. The number of nitrogens with zero attached hydrogens (tertiary/aromatic N) is 2. The molecule has 0 aliphatic rings. The van der Waals surface area contributed by atoms with Crippen LogP contribution in [0.2, 0.25) is 0 Å². The fourth-order valence-corrected chi connectivity index (χ4v) is 1.86. The fourth-order valence-electron chi connectivity index (χ4n) is 1.50. The van der Waals surface area contributed by atoms with Crippen LogP contribution in [0.1, 0.15) is 11.5 Å². The second kappa shape index (κ2) is 5.18. The number of nitro benzene ring substituents is 1. The largest absolute Gasteiger partial charge is 0.374 e. The van der Waals surface area contributed by atoms with E-state index >= 15 is 0 Å². The molecule has 0 bridgehead atoms. The Morgan fingerprint density at radius 2 is 2.28 bits per heavy atom. The van der Waals surface area contributed by atoms with Crippen molar-refractivity contribution in [3.8, 4) is 0 Å². The number of nitrogens with one attached hydrogen (secondary N) is 1. The van der Waals surface area contributed by atoms with Gasteiger partial charge in [-0.25, -0.2) is 0 Å². The predicted octanol–water partition coefficient (Wildman–Crippen LogP) is 3.27. The van der Waals surface area contributed by atoms with Crippen LogP contribution in [0.3, 0.4) is 0 Å². The van der Waals surface area contributed by atoms with E-state index in [1.807, 2.05) is 0 Å². The molecule has 1 heterocycles. The van der Waals surface area contributed by atoms with E-state index in [-0.39, 0.29) is 5.69 Å². The molecule has 0 radical (unpaired) electrons. The SMILES string of the molecule is Cc1cc(CNc2cc(Br)ccc2[N+](=O)[O-])no1. The maximum atomic E-state index is 10.9. The quantitative estimate of drug-likeness (QED) is 0.692. The Hall–Kier alpha value is -1.89. The van der Waals surface area contributed by atoms with Gasteiger partial charge in [0.05, 0.1) is 11.5 Å². The molecule has 1 aromatic carbocycles. The Balaban J connectivity index is 2.17. The summed E-state index contributed by atoms with van der Waals surface area (Å²) < 4.78 is 5.69. The molecule has 7 heteroatoms. The Morgan fingerprint density at radius 3 is 2.89 bits per heavy atom. The van der Waals surface area contributed by atoms with Crippen molar-refractivity contribution in [3.05, 3.63) is 50.3 Å². The summed E-state index contributed by atoms with van der Waals surface area (Å²) in [5.41, 5.74) is 1.16. The van der Waals surface area contributed by atoms with Crippen molar-refractivity contribution in [2.45, 2.75) is 13.5 Å². The first-order chi connectivity index (χ1) is 8.56. The average Bonchev–Trinajstić information content (AvgIpc) is 2.72. The third kappa shape index (κ3) is 2.86. The van der Waals surface area contributed by atoms with Crippen LogP contribution in [0.4, 0.5) is 11.4 Å². The first-order valence-electron chi connectivity index (χ1n) is 5.16. The summed E-state index contributed by atoms with van der Waals surface area (Å²) in [5.74, 6) is 0.704. The van der Waals surface area contributed by atoms with Crippen molar-refractivity contribution in [1.29, 1.82) is 0 Å². The van der Waals surface area contributed by atoms with Crippen LogP contribution in [0.5, 0.6) is 0 Å². The topological polar surface area (TPSA) is 81.2 Å². The second-order valence-electron chi connectivity index (χ2n) is 3.70. The number of nitro groups is 1. The van der Waals surface area contributed by atoms with Gasteiger partial charge in [-0.15, -0.1) is 0 Å². The van der Waals surface area contributed by atoms with Crippen molar-refractivity contribution in [2.24, 2.45) is 0 Å². The molecule has 2 rings (SSSR count). The van der Waals surface area contributed by atoms with Gasteiger partial charge in [0.25, 0.3) is 5.69 Å². The van der Waals surface area contributed by atoms with Crippen LogP contribution in [-0.2, 0) is 6.54 Å². The lowest BCUT2D eigenvalue weighted by Gasteiger charge is -2.05. The zero-order valence-corrected chi connectivity index (χ0v) is 11.1. The molecule has 0 saturated carbocycles. The zero-order chi connectivity index (χ0) is 13.1. The van der Waals surface area contributed by atoms with E-state index in [1.54, 1.807) is 25.1 Å². The third-order valence-corrected chi connectivity index (χ3v) is 2.79. The summed E-state index contributed by atoms with van der Waals surface area (Å²) in [6, 6.07) is 6.51. The molecule has 0 aliphatic carbocycles. The predicted molar refractivity (Wildman–Crippen MR) is 69.4 cm³/mol. The van der Waals surface area contributed by atoms with Crippen LogP contribution in [0.15, 0.2) is 33.3 Å². The van der Waals surface area contributed by atoms with Gasteiger partial charge in [0.1, 0.15) is 17.1 Å². The molecule has 0 amide bonds. The summed E-state index contributed by atoms with van der Waals surface area (Å²) in [5, 5.41) is 17.6. The van der Waals surface area contributed by atoms with E-state index in [0.717, 1.165) is 4.47 Å². The van der Waals surface area contributed by atoms with E-state index in [0.29, 0.717) is 23.7 Å². The maximum Gasteiger partial charge on any atom is 0.292 e. The number of benzene rings is 1. The molecule has 0 aliphatic heterocycles. The van der Waals surface area contributed by atoms with Crippen LogP contribution in [-0.4, -0.2) is 10.1 Å². The Kier molecular flexibility index (Phi) is 3.61. The van der Waals surface area contributed by atoms with Crippen LogP contribution in [0, 0.1) is 17.0 Å². The lowest BCUT2D eigenvalue weighted by atomic mass is 10.2. The highest BCUT2D eigenvalue weighted by molar-refractivity contribution is 9.10. The van der Waals surface area contributed by atoms with Gasteiger partial charge in [0.15, 0.2) is 0 Å². The third-order valence-electron chi connectivity index (χ3n) is 2.29. The summed E-state index contributed by atoms with van der Waals surface area (Å²) in [7, 11) is 0. The lowest BCUT2D eigenvalue weighted by Crippen LogP contribution is -2.02.